The van der Waals surface area contributed by atoms with Crippen LogP contribution in [0.5, 0.6) is 11.5 Å². The lowest BCUT2D eigenvalue weighted by molar-refractivity contribution is -0.154. The minimum absolute atomic E-state index is 0.272. The molecule has 0 radical (unpaired) electrons. The van der Waals surface area contributed by atoms with Gasteiger partial charge in [-0.2, -0.15) is 0 Å². The summed E-state index contributed by atoms with van der Waals surface area (Å²) in [6.07, 6.45) is 2.56. The zero-order valence-electron chi connectivity index (χ0n) is 10.6. The number of carboxylic acids is 1. The highest BCUT2D eigenvalue weighted by atomic mass is 16.7. The van der Waals surface area contributed by atoms with Gasteiger partial charge in [-0.25, -0.2) is 0 Å². The fourth-order valence-corrected chi connectivity index (χ4v) is 2.57. The highest BCUT2D eigenvalue weighted by Crippen LogP contribution is 2.40. The predicted molar refractivity (Wildman–Crippen MR) is 68.2 cm³/mol. The summed E-state index contributed by atoms with van der Waals surface area (Å²) in [4.78, 5) is 11.2. The van der Waals surface area contributed by atoms with Crippen LogP contribution in [0.2, 0.25) is 0 Å². The largest absolute Gasteiger partial charge is 0.481 e. The molecular formula is C14H17NO4. The van der Waals surface area contributed by atoms with Crippen LogP contribution in [0.3, 0.4) is 0 Å². The van der Waals surface area contributed by atoms with Crippen LogP contribution in [0.15, 0.2) is 18.2 Å². The summed E-state index contributed by atoms with van der Waals surface area (Å²) in [5.41, 5.74) is 0.528. The van der Waals surface area contributed by atoms with E-state index in [1.54, 1.807) is 0 Å². The van der Waals surface area contributed by atoms with Crippen LogP contribution >= 0.6 is 0 Å². The zero-order valence-corrected chi connectivity index (χ0v) is 10.6. The molecule has 1 aromatic carbocycles. The van der Waals surface area contributed by atoms with Crippen LogP contribution in [-0.2, 0) is 11.3 Å². The summed E-state index contributed by atoms with van der Waals surface area (Å²) >= 11 is 0. The Morgan fingerprint density at radius 3 is 2.79 bits per heavy atom. The Kier molecular flexibility index (Phi) is 3.06. The average Bonchev–Trinajstić information content (AvgIpc) is 2.79. The van der Waals surface area contributed by atoms with E-state index in [0.29, 0.717) is 13.1 Å². The number of carbonyl (C=O) groups is 1. The van der Waals surface area contributed by atoms with E-state index in [1.165, 1.54) is 0 Å². The number of hydrogen-bond donors (Lipinski definition) is 2. The third-order valence-corrected chi connectivity index (χ3v) is 3.99. The van der Waals surface area contributed by atoms with Crippen molar-refractivity contribution < 1.29 is 19.4 Å². The van der Waals surface area contributed by atoms with Gasteiger partial charge in [0.05, 0.1) is 5.41 Å². The van der Waals surface area contributed by atoms with Crippen molar-refractivity contribution in [2.24, 2.45) is 5.41 Å². The molecule has 19 heavy (non-hydrogen) atoms. The lowest BCUT2D eigenvalue weighted by atomic mass is 9.69. The molecule has 1 fully saturated rings. The van der Waals surface area contributed by atoms with Crippen molar-refractivity contribution in [3.8, 4) is 11.5 Å². The van der Waals surface area contributed by atoms with Crippen LogP contribution in [-0.4, -0.2) is 24.4 Å². The maximum absolute atomic E-state index is 11.2. The Bertz CT molecular complexity index is 496. The second-order valence-corrected chi connectivity index (χ2v) is 5.23. The van der Waals surface area contributed by atoms with Crippen LogP contribution < -0.4 is 14.8 Å². The first-order chi connectivity index (χ1) is 9.20. The molecule has 0 saturated heterocycles. The molecule has 1 heterocycles. The first kappa shape index (κ1) is 12.3. The van der Waals surface area contributed by atoms with Gasteiger partial charge >= 0.3 is 5.97 Å². The van der Waals surface area contributed by atoms with E-state index >= 15 is 0 Å². The van der Waals surface area contributed by atoms with Gasteiger partial charge in [0, 0.05) is 13.1 Å². The van der Waals surface area contributed by atoms with Gasteiger partial charge in [0.25, 0.3) is 0 Å². The lowest BCUT2D eigenvalue weighted by Gasteiger charge is -2.37. The molecule has 1 aliphatic heterocycles. The van der Waals surface area contributed by atoms with Crippen molar-refractivity contribution in [2.75, 3.05) is 13.3 Å². The van der Waals surface area contributed by atoms with Crippen LogP contribution in [0.25, 0.3) is 0 Å². The van der Waals surface area contributed by atoms with Crippen molar-refractivity contribution in [1.82, 2.24) is 5.32 Å². The standard InChI is InChI=1S/C14H17NO4/c16-13(17)14(4-1-5-14)8-15-7-10-2-3-11-12(6-10)19-9-18-11/h2-3,6,15H,1,4-5,7-9H2,(H,16,17). The summed E-state index contributed by atoms with van der Waals surface area (Å²) < 4.78 is 10.6. The number of hydrogen-bond acceptors (Lipinski definition) is 4. The van der Waals surface area contributed by atoms with E-state index < -0.39 is 11.4 Å². The lowest BCUT2D eigenvalue weighted by Crippen LogP contribution is -2.45. The molecule has 2 N–H and O–H groups in total. The third kappa shape index (κ3) is 2.26. The van der Waals surface area contributed by atoms with E-state index in [-0.39, 0.29) is 6.79 Å². The Morgan fingerprint density at radius 1 is 1.32 bits per heavy atom. The molecule has 0 atom stereocenters. The number of fused-ring (bicyclic) bond motifs is 1. The van der Waals surface area contributed by atoms with Crippen molar-refractivity contribution >= 4 is 5.97 Å². The van der Waals surface area contributed by atoms with E-state index in [0.717, 1.165) is 36.3 Å². The number of carboxylic acid groups (broad SMARTS) is 1. The SMILES string of the molecule is O=C(O)C1(CNCc2ccc3c(c2)OCO3)CCC1. The number of aliphatic carboxylic acids is 1. The van der Waals surface area contributed by atoms with Gasteiger partial charge in [0.2, 0.25) is 6.79 Å². The third-order valence-electron chi connectivity index (χ3n) is 3.99. The summed E-state index contributed by atoms with van der Waals surface area (Å²) in [6.45, 7) is 1.44. The minimum Gasteiger partial charge on any atom is -0.481 e. The maximum Gasteiger partial charge on any atom is 0.310 e. The molecule has 0 amide bonds. The van der Waals surface area contributed by atoms with Gasteiger partial charge in [-0.05, 0) is 30.5 Å². The Hall–Kier alpha value is -1.75. The van der Waals surface area contributed by atoms with Gasteiger partial charge in [0.1, 0.15) is 0 Å². The molecule has 5 heteroatoms. The maximum atomic E-state index is 11.2. The second kappa shape index (κ2) is 4.74. The topological polar surface area (TPSA) is 67.8 Å². The van der Waals surface area contributed by atoms with Gasteiger partial charge < -0.3 is 19.9 Å². The van der Waals surface area contributed by atoms with Gasteiger partial charge in [0.15, 0.2) is 11.5 Å². The summed E-state index contributed by atoms with van der Waals surface area (Å²) in [6, 6.07) is 5.79. The predicted octanol–water partition coefficient (Wildman–Crippen LogP) is 1.76. The molecule has 0 spiro atoms. The molecule has 0 aromatic heterocycles. The van der Waals surface area contributed by atoms with Crippen molar-refractivity contribution in [3.63, 3.8) is 0 Å². The molecule has 102 valence electrons. The van der Waals surface area contributed by atoms with E-state index in [1.807, 2.05) is 18.2 Å². The number of benzene rings is 1. The molecule has 3 rings (SSSR count). The van der Waals surface area contributed by atoms with Crippen molar-refractivity contribution in [2.45, 2.75) is 25.8 Å². The fourth-order valence-electron chi connectivity index (χ4n) is 2.57. The Labute approximate surface area is 111 Å². The highest BCUT2D eigenvalue weighted by molar-refractivity contribution is 5.76. The zero-order chi connectivity index (χ0) is 13.3. The van der Waals surface area contributed by atoms with Crippen LogP contribution in [0.1, 0.15) is 24.8 Å². The van der Waals surface area contributed by atoms with Crippen LogP contribution in [0, 0.1) is 5.41 Å². The smallest absolute Gasteiger partial charge is 0.310 e. The monoisotopic (exact) mass is 263 g/mol. The molecule has 5 nitrogen and oxygen atoms in total. The van der Waals surface area contributed by atoms with Gasteiger partial charge in [-0.15, -0.1) is 0 Å². The quantitative estimate of drug-likeness (QED) is 0.847. The first-order valence-corrected chi connectivity index (χ1v) is 6.52. The van der Waals surface area contributed by atoms with Crippen LogP contribution in [0.4, 0.5) is 0 Å². The Morgan fingerprint density at radius 2 is 2.11 bits per heavy atom. The van der Waals surface area contributed by atoms with E-state index in [4.69, 9.17) is 9.47 Å². The van der Waals surface area contributed by atoms with Crippen molar-refractivity contribution in [1.29, 1.82) is 0 Å². The minimum atomic E-state index is -0.683. The number of nitrogens with one attached hydrogen (secondary N) is 1. The second-order valence-electron chi connectivity index (χ2n) is 5.23. The number of rotatable bonds is 5. The molecule has 0 bridgehead atoms. The van der Waals surface area contributed by atoms with Gasteiger partial charge in [-0.3, -0.25) is 4.79 Å². The van der Waals surface area contributed by atoms with Crippen molar-refractivity contribution in [3.05, 3.63) is 23.8 Å². The van der Waals surface area contributed by atoms with E-state index in [2.05, 4.69) is 5.32 Å². The normalized spacial score (nSPS) is 18.9. The molecule has 2 aliphatic rings. The van der Waals surface area contributed by atoms with Gasteiger partial charge in [-0.1, -0.05) is 12.5 Å². The van der Waals surface area contributed by atoms with E-state index in [9.17, 15) is 9.90 Å². The first-order valence-electron chi connectivity index (χ1n) is 6.52. The fraction of sp³-hybridized carbons (Fsp3) is 0.500. The molecule has 1 aliphatic carbocycles. The Balaban J connectivity index is 1.56. The molecular weight excluding hydrogens is 246 g/mol. The molecule has 1 aromatic rings. The highest BCUT2D eigenvalue weighted by Gasteiger charge is 2.43. The number of ether oxygens (including phenoxy) is 2. The average molecular weight is 263 g/mol. The summed E-state index contributed by atoms with van der Waals surface area (Å²) in [5, 5.41) is 12.5. The summed E-state index contributed by atoms with van der Waals surface area (Å²) in [5.74, 6) is 0.845. The molecule has 1 saturated carbocycles. The summed E-state index contributed by atoms with van der Waals surface area (Å²) in [7, 11) is 0. The molecule has 0 unspecified atom stereocenters.